The van der Waals surface area contributed by atoms with E-state index in [9.17, 15) is 5.11 Å². The molecule has 1 aromatic heterocycles. The molecule has 0 fully saturated rings. The van der Waals surface area contributed by atoms with Gasteiger partial charge < -0.3 is 10.4 Å². The van der Waals surface area contributed by atoms with Gasteiger partial charge in [-0.15, -0.1) is 0 Å². The summed E-state index contributed by atoms with van der Waals surface area (Å²) in [7, 11) is 0. The standard InChI is InChI=1S/C17H16N2O/c1-11-6-7-16-15(8-11)17(9-12(2)18-16)19-13-4-3-5-14(20)10-13/h3-10,20H,1-2H3,(H,18,19). The quantitative estimate of drug-likeness (QED) is 0.725. The number of phenolic OH excluding ortho intramolecular Hbond substituents is 1. The molecule has 0 spiro atoms. The third-order valence-corrected chi connectivity index (χ3v) is 3.22. The minimum absolute atomic E-state index is 0.251. The zero-order valence-electron chi connectivity index (χ0n) is 11.5. The topological polar surface area (TPSA) is 45.2 Å². The average molecular weight is 264 g/mol. The van der Waals surface area contributed by atoms with Crippen LogP contribution >= 0.6 is 0 Å². The molecule has 0 aliphatic carbocycles. The van der Waals surface area contributed by atoms with Crippen LogP contribution in [0.25, 0.3) is 10.9 Å². The molecule has 0 saturated heterocycles. The summed E-state index contributed by atoms with van der Waals surface area (Å²) in [5.74, 6) is 0.251. The number of aryl methyl sites for hydroxylation is 2. The summed E-state index contributed by atoms with van der Waals surface area (Å²) in [4.78, 5) is 4.55. The number of hydrogen-bond acceptors (Lipinski definition) is 3. The van der Waals surface area contributed by atoms with Gasteiger partial charge >= 0.3 is 0 Å². The van der Waals surface area contributed by atoms with Crippen LogP contribution in [0.15, 0.2) is 48.5 Å². The molecule has 1 heterocycles. The molecule has 0 amide bonds. The zero-order chi connectivity index (χ0) is 14.1. The van der Waals surface area contributed by atoms with Crippen LogP contribution < -0.4 is 5.32 Å². The molecule has 3 nitrogen and oxygen atoms in total. The van der Waals surface area contributed by atoms with Crippen LogP contribution in [0, 0.1) is 13.8 Å². The average Bonchev–Trinajstić information content (AvgIpc) is 2.39. The molecule has 0 radical (unpaired) electrons. The highest BCUT2D eigenvalue weighted by atomic mass is 16.3. The maximum absolute atomic E-state index is 9.55. The van der Waals surface area contributed by atoms with E-state index in [1.54, 1.807) is 12.1 Å². The summed E-state index contributed by atoms with van der Waals surface area (Å²) in [6.07, 6.45) is 0. The summed E-state index contributed by atoms with van der Waals surface area (Å²) >= 11 is 0. The Labute approximate surface area is 117 Å². The molecule has 0 atom stereocenters. The van der Waals surface area contributed by atoms with Crippen LogP contribution in [0.3, 0.4) is 0 Å². The number of nitrogens with one attached hydrogen (secondary N) is 1. The van der Waals surface area contributed by atoms with Gasteiger partial charge in [-0.05, 0) is 44.2 Å². The molecule has 0 bridgehead atoms. The molecule has 100 valence electrons. The van der Waals surface area contributed by atoms with Gasteiger partial charge in [0.05, 0.1) is 5.52 Å². The van der Waals surface area contributed by atoms with E-state index in [4.69, 9.17) is 0 Å². The van der Waals surface area contributed by atoms with Crippen molar-refractivity contribution < 1.29 is 5.11 Å². The lowest BCUT2D eigenvalue weighted by molar-refractivity contribution is 0.475. The van der Waals surface area contributed by atoms with Crippen molar-refractivity contribution in [3.63, 3.8) is 0 Å². The van der Waals surface area contributed by atoms with E-state index in [-0.39, 0.29) is 5.75 Å². The van der Waals surface area contributed by atoms with Gasteiger partial charge in [0.25, 0.3) is 0 Å². The first-order valence-corrected chi connectivity index (χ1v) is 6.56. The number of aromatic hydroxyl groups is 1. The summed E-state index contributed by atoms with van der Waals surface area (Å²) in [6.45, 7) is 4.05. The molecule has 3 heteroatoms. The van der Waals surface area contributed by atoms with Crippen molar-refractivity contribution in [2.24, 2.45) is 0 Å². The second-order valence-electron chi connectivity index (χ2n) is 5.01. The number of rotatable bonds is 2. The van der Waals surface area contributed by atoms with Gasteiger partial charge in [-0.25, -0.2) is 0 Å². The maximum Gasteiger partial charge on any atom is 0.117 e. The number of nitrogens with zero attached hydrogens (tertiary/aromatic N) is 1. The number of phenols is 1. The van der Waals surface area contributed by atoms with Crippen LogP contribution in [-0.4, -0.2) is 10.1 Å². The Morgan fingerprint density at radius 2 is 1.85 bits per heavy atom. The first kappa shape index (κ1) is 12.5. The largest absolute Gasteiger partial charge is 0.508 e. The van der Waals surface area contributed by atoms with Crippen LogP contribution in [-0.2, 0) is 0 Å². The smallest absolute Gasteiger partial charge is 0.117 e. The highest BCUT2D eigenvalue weighted by Gasteiger charge is 2.05. The molecule has 3 rings (SSSR count). The highest BCUT2D eigenvalue weighted by Crippen LogP contribution is 2.28. The fourth-order valence-electron chi connectivity index (χ4n) is 2.31. The lowest BCUT2D eigenvalue weighted by Gasteiger charge is -2.11. The predicted octanol–water partition coefficient (Wildman–Crippen LogP) is 4.30. The number of hydrogen-bond donors (Lipinski definition) is 2. The van der Waals surface area contributed by atoms with Gasteiger partial charge in [0.15, 0.2) is 0 Å². The molecule has 0 unspecified atom stereocenters. The van der Waals surface area contributed by atoms with E-state index < -0.39 is 0 Å². The van der Waals surface area contributed by atoms with Crippen molar-refractivity contribution in [1.29, 1.82) is 0 Å². The highest BCUT2D eigenvalue weighted by molar-refractivity contribution is 5.93. The Morgan fingerprint density at radius 1 is 1.00 bits per heavy atom. The third kappa shape index (κ3) is 2.43. The Hall–Kier alpha value is -2.55. The predicted molar refractivity (Wildman–Crippen MR) is 82.6 cm³/mol. The van der Waals surface area contributed by atoms with Crippen molar-refractivity contribution in [3.05, 3.63) is 59.8 Å². The Bertz CT molecular complexity index is 781. The number of anilines is 2. The number of pyridine rings is 1. The molecule has 2 aromatic carbocycles. The molecular weight excluding hydrogens is 248 g/mol. The molecule has 0 aliphatic heterocycles. The van der Waals surface area contributed by atoms with Gasteiger partial charge in [-0.1, -0.05) is 17.7 Å². The first-order valence-electron chi connectivity index (χ1n) is 6.56. The fourth-order valence-corrected chi connectivity index (χ4v) is 2.31. The van der Waals surface area contributed by atoms with E-state index in [0.717, 1.165) is 28.0 Å². The lowest BCUT2D eigenvalue weighted by atomic mass is 10.1. The van der Waals surface area contributed by atoms with Crippen molar-refractivity contribution in [1.82, 2.24) is 4.98 Å². The normalized spacial score (nSPS) is 10.7. The van der Waals surface area contributed by atoms with Gasteiger partial charge in [-0.2, -0.15) is 0 Å². The van der Waals surface area contributed by atoms with Gasteiger partial charge in [0.1, 0.15) is 5.75 Å². The van der Waals surface area contributed by atoms with Crippen LogP contribution in [0.4, 0.5) is 11.4 Å². The lowest BCUT2D eigenvalue weighted by Crippen LogP contribution is -1.95. The number of aromatic nitrogens is 1. The van der Waals surface area contributed by atoms with E-state index in [1.165, 1.54) is 5.56 Å². The number of benzene rings is 2. The van der Waals surface area contributed by atoms with Gasteiger partial charge in [-0.3, -0.25) is 4.98 Å². The summed E-state index contributed by atoms with van der Waals surface area (Å²) in [6, 6.07) is 15.3. The second kappa shape index (κ2) is 4.85. The maximum atomic E-state index is 9.55. The van der Waals surface area contributed by atoms with E-state index in [2.05, 4.69) is 29.4 Å². The molecule has 3 aromatic rings. The monoisotopic (exact) mass is 264 g/mol. The summed E-state index contributed by atoms with van der Waals surface area (Å²) < 4.78 is 0. The Morgan fingerprint density at radius 3 is 2.65 bits per heavy atom. The third-order valence-electron chi connectivity index (χ3n) is 3.22. The molecule has 0 saturated carbocycles. The Kier molecular flexibility index (Phi) is 3.03. The number of fused-ring (bicyclic) bond motifs is 1. The van der Waals surface area contributed by atoms with E-state index in [1.807, 2.05) is 31.2 Å². The minimum Gasteiger partial charge on any atom is -0.508 e. The summed E-state index contributed by atoms with van der Waals surface area (Å²) in [5, 5.41) is 14.0. The van der Waals surface area contributed by atoms with Gasteiger partial charge in [0.2, 0.25) is 0 Å². The van der Waals surface area contributed by atoms with Crippen LogP contribution in [0.2, 0.25) is 0 Å². The fraction of sp³-hybridized carbons (Fsp3) is 0.118. The molecule has 20 heavy (non-hydrogen) atoms. The molecule has 0 aliphatic rings. The molecule has 2 N–H and O–H groups in total. The first-order chi connectivity index (χ1) is 9.61. The Balaban J connectivity index is 2.12. The molecular formula is C17H16N2O. The second-order valence-corrected chi connectivity index (χ2v) is 5.01. The van der Waals surface area contributed by atoms with Crippen molar-refractivity contribution in [2.75, 3.05) is 5.32 Å². The van der Waals surface area contributed by atoms with Crippen LogP contribution in [0.1, 0.15) is 11.3 Å². The van der Waals surface area contributed by atoms with E-state index >= 15 is 0 Å². The zero-order valence-corrected chi connectivity index (χ0v) is 11.5. The van der Waals surface area contributed by atoms with Crippen molar-refractivity contribution in [2.45, 2.75) is 13.8 Å². The van der Waals surface area contributed by atoms with Crippen molar-refractivity contribution in [3.8, 4) is 5.75 Å². The van der Waals surface area contributed by atoms with Crippen molar-refractivity contribution >= 4 is 22.3 Å². The van der Waals surface area contributed by atoms with Crippen LogP contribution in [0.5, 0.6) is 5.75 Å². The summed E-state index contributed by atoms with van der Waals surface area (Å²) in [5.41, 5.74) is 4.99. The van der Waals surface area contributed by atoms with E-state index in [0.29, 0.717) is 0 Å². The van der Waals surface area contributed by atoms with Gasteiger partial charge in [0, 0.05) is 28.5 Å². The minimum atomic E-state index is 0.251. The SMILES string of the molecule is Cc1ccc2nc(C)cc(Nc3cccc(O)c3)c2c1.